The van der Waals surface area contributed by atoms with Gasteiger partial charge in [0.15, 0.2) is 0 Å². The number of benzene rings is 3. The molecule has 5 nitrogen and oxygen atoms in total. The molecule has 0 radical (unpaired) electrons. The topological polar surface area (TPSA) is 61.8 Å². The summed E-state index contributed by atoms with van der Waals surface area (Å²) in [5.41, 5.74) is 4.05. The van der Waals surface area contributed by atoms with Crippen molar-refractivity contribution in [3.8, 4) is 5.75 Å². The van der Waals surface area contributed by atoms with E-state index in [9.17, 15) is 9.90 Å². The van der Waals surface area contributed by atoms with E-state index in [1.54, 1.807) is 7.11 Å². The molecule has 0 amide bonds. The molecule has 0 saturated carbocycles. The lowest BCUT2D eigenvalue weighted by molar-refractivity contribution is -0.139. The lowest BCUT2D eigenvalue weighted by Crippen LogP contribution is -2.44. The van der Waals surface area contributed by atoms with Crippen LogP contribution in [-0.4, -0.2) is 29.6 Å². The number of fused-ring (bicyclic) bond motifs is 1. The molecule has 0 bridgehead atoms. The molecule has 148 valence electrons. The normalized spacial score (nSPS) is 18.6. The number of rotatable bonds is 5. The number of ether oxygens (including phenoxy) is 1. The largest absolute Gasteiger partial charge is 0.497 e. The maximum absolute atomic E-state index is 11.8. The number of halogens is 1. The van der Waals surface area contributed by atoms with Crippen molar-refractivity contribution in [3.63, 3.8) is 0 Å². The number of nitrogens with one attached hydrogen (secondary N) is 1. The first-order valence-electron chi connectivity index (χ1n) is 9.29. The zero-order chi connectivity index (χ0) is 20.4. The van der Waals surface area contributed by atoms with Gasteiger partial charge < -0.3 is 15.2 Å². The van der Waals surface area contributed by atoms with Gasteiger partial charge in [0.25, 0.3) is 0 Å². The smallest absolute Gasteiger partial charge is 0.317 e. The average molecular weight is 453 g/mol. The number of hydrogen-bond donors (Lipinski definition) is 2. The minimum Gasteiger partial charge on any atom is -0.497 e. The molecule has 3 aromatic rings. The first kappa shape index (κ1) is 19.5. The van der Waals surface area contributed by atoms with E-state index >= 15 is 0 Å². The van der Waals surface area contributed by atoms with E-state index in [0.717, 1.165) is 32.6 Å². The van der Waals surface area contributed by atoms with Crippen molar-refractivity contribution in [1.29, 1.82) is 0 Å². The van der Waals surface area contributed by atoms with E-state index < -0.39 is 5.97 Å². The first-order chi connectivity index (χ1) is 14.1. The van der Waals surface area contributed by atoms with Crippen LogP contribution in [-0.2, 0) is 4.79 Å². The average Bonchev–Trinajstić information content (AvgIpc) is 2.73. The standard InChI is InChI=1S/C23H21BrN2O3/c1-29-18-10-7-16(8-11-18)23-25-20-12-9-17(24)13-19(20)22(26(23)14-21(27)28)15-5-3-2-4-6-15/h2-13,22-23,25H,14H2,1H3,(H,27,28)/t22-,23+/m1/s1. The summed E-state index contributed by atoms with van der Waals surface area (Å²) in [6, 6.07) is 23.6. The molecule has 0 aromatic heterocycles. The zero-order valence-corrected chi connectivity index (χ0v) is 17.5. The SMILES string of the molecule is COc1ccc([C@H]2Nc3ccc(Br)cc3[C@@H](c3ccccc3)N2CC(=O)O)cc1. The van der Waals surface area contributed by atoms with Crippen LogP contribution in [0.5, 0.6) is 5.75 Å². The summed E-state index contributed by atoms with van der Waals surface area (Å²) in [6.45, 7) is -0.102. The Labute approximate surface area is 178 Å². The Morgan fingerprint density at radius 1 is 1.07 bits per heavy atom. The lowest BCUT2D eigenvalue weighted by Gasteiger charge is -2.44. The van der Waals surface area contributed by atoms with Gasteiger partial charge in [-0.2, -0.15) is 0 Å². The molecule has 3 aromatic carbocycles. The molecule has 4 rings (SSSR count). The van der Waals surface area contributed by atoms with Crippen molar-refractivity contribution in [2.24, 2.45) is 0 Å². The highest BCUT2D eigenvalue weighted by Crippen LogP contribution is 2.44. The van der Waals surface area contributed by atoms with Crippen LogP contribution in [0.4, 0.5) is 5.69 Å². The van der Waals surface area contributed by atoms with Gasteiger partial charge in [0.2, 0.25) is 0 Å². The van der Waals surface area contributed by atoms with Crippen LogP contribution in [0.15, 0.2) is 77.3 Å². The number of carbonyl (C=O) groups is 1. The highest BCUT2D eigenvalue weighted by atomic mass is 79.9. The van der Waals surface area contributed by atoms with E-state index in [1.165, 1.54) is 0 Å². The molecule has 2 N–H and O–H groups in total. The van der Waals surface area contributed by atoms with E-state index in [0.29, 0.717) is 0 Å². The maximum Gasteiger partial charge on any atom is 0.317 e. The van der Waals surface area contributed by atoms with Crippen LogP contribution in [0.2, 0.25) is 0 Å². The number of anilines is 1. The van der Waals surface area contributed by atoms with Crippen LogP contribution in [0.3, 0.4) is 0 Å². The number of aliphatic carboxylic acids is 1. The number of nitrogens with zero attached hydrogens (tertiary/aromatic N) is 1. The van der Waals surface area contributed by atoms with Crippen molar-refractivity contribution >= 4 is 27.6 Å². The highest BCUT2D eigenvalue weighted by Gasteiger charge is 2.37. The predicted molar refractivity (Wildman–Crippen MR) is 116 cm³/mol. The van der Waals surface area contributed by atoms with E-state index in [4.69, 9.17) is 4.74 Å². The van der Waals surface area contributed by atoms with Crippen molar-refractivity contribution in [1.82, 2.24) is 4.90 Å². The summed E-state index contributed by atoms with van der Waals surface area (Å²) in [5.74, 6) is -0.108. The summed E-state index contributed by atoms with van der Waals surface area (Å²) >= 11 is 3.56. The highest BCUT2D eigenvalue weighted by molar-refractivity contribution is 9.10. The van der Waals surface area contributed by atoms with E-state index in [-0.39, 0.29) is 18.8 Å². The Kier molecular flexibility index (Phi) is 5.56. The Morgan fingerprint density at radius 3 is 2.45 bits per heavy atom. The van der Waals surface area contributed by atoms with Gasteiger partial charge in [-0.25, -0.2) is 0 Å². The molecule has 29 heavy (non-hydrogen) atoms. The van der Waals surface area contributed by atoms with Gasteiger partial charge in [-0.15, -0.1) is 0 Å². The third kappa shape index (κ3) is 3.99. The zero-order valence-electron chi connectivity index (χ0n) is 15.9. The molecule has 0 aliphatic carbocycles. The van der Waals surface area contributed by atoms with E-state index in [2.05, 4.69) is 27.3 Å². The Morgan fingerprint density at radius 2 is 1.79 bits per heavy atom. The molecule has 1 heterocycles. The van der Waals surface area contributed by atoms with Crippen LogP contribution < -0.4 is 10.1 Å². The Balaban J connectivity index is 1.87. The Hall–Kier alpha value is -2.83. The number of carboxylic acids is 1. The fraction of sp³-hybridized carbons (Fsp3) is 0.174. The van der Waals surface area contributed by atoms with Gasteiger partial charge in [-0.3, -0.25) is 9.69 Å². The summed E-state index contributed by atoms with van der Waals surface area (Å²) in [6.07, 6.45) is -0.295. The minimum atomic E-state index is -0.871. The fourth-order valence-corrected chi connectivity index (χ4v) is 4.23. The molecule has 0 saturated heterocycles. The molecule has 1 aliphatic rings. The Bertz CT molecular complexity index is 1010. The van der Waals surface area contributed by atoms with Crippen molar-refractivity contribution in [2.45, 2.75) is 12.2 Å². The summed E-state index contributed by atoms with van der Waals surface area (Å²) in [4.78, 5) is 13.8. The van der Waals surface area contributed by atoms with Crippen LogP contribution in [0.1, 0.15) is 28.9 Å². The molecule has 0 unspecified atom stereocenters. The second-order valence-corrected chi connectivity index (χ2v) is 7.85. The quantitative estimate of drug-likeness (QED) is 0.566. The molecule has 0 spiro atoms. The lowest BCUT2D eigenvalue weighted by atomic mass is 9.91. The molecular weight excluding hydrogens is 432 g/mol. The van der Waals surface area contributed by atoms with Gasteiger partial charge in [-0.1, -0.05) is 58.4 Å². The maximum atomic E-state index is 11.8. The summed E-state index contributed by atoms with van der Waals surface area (Å²) < 4.78 is 6.23. The van der Waals surface area contributed by atoms with Crippen molar-refractivity contribution < 1.29 is 14.6 Å². The molecule has 1 aliphatic heterocycles. The molecule has 2 atom stereocenters. The van der Waals surface area contributed by atoms with Gasteiger partial charge in [0.1, 0.15) is 11.9 Å². The van der Waals surface area contributed by atoms with Gasteiger partial charge in [0, 0.05) is 10.2 Å². The van der Waals surface area contributed by atoms with Crippen LogP contribution in [0, 0.1) is 0 Å². The van der Waals surface area contributed by atoms with Gasteiger partial charge in [-0.05, 0) is 47.0 Å². The van der Waals surface area contributed by atoms with Crippen LogP contribution in [0.25, 0.3) is 0 Å². The molecule has 6 heteroatoms. The third-order valence-corrected chi connectivity index (χ3v) is 5.62. The van der Waals surface area contributed by atoms with Gasteiger partial charge >= 0.3 is 5.97 Å². The van der Waals surface area contributed by atoms with E-state index in [1.807, 2.05) is 71.6 Å². The minimum absolute atomic E-state index is 0.102. The summed E-state index contributed by atoms with van der Waals surface area (Å²) in [5, 5.41) is 13.2. The number of hydrogen-bond acceptors (Lipinski definition) is 4. The fourth-order valence-electron chi connectivity index (χ4n) is 3.86. The number of carboxylic acid groups (broad SMARTS) is 1. The predicted octanol–water partition coefficient (Wildman–Crippen LogP) is 5.06. The second kappa shape index (κ2) is 8.27. The monoisotopic (exact) mass is 452 g/mol. The molecule has 0 fully saturated rings. The second-order valence-electron chi connectivity index (χ2n) is 6.93. The third-order valence-electron chi connectivity index (χ3n) is 5.13. The van der Waals surface area contributed by atoms with Crippen LogP contribution >= 0.6 is 15.9 Å². The van der Waals surface area contributed by atoms with Gasteiger partial charge in [0.05, 0.1) is 19.7 Å². The van der Waals surface area contributed by atoms with Crippen molar-refractivity contribution in [3.05, 3.63) is 94.0 Å². The molecular formula is C23H21BrN2O3. The van der Waals surface area contributed by atoms with Crippen molar-refractivity contribution in [2.75, 3.05) is 19.0 Å². The number of methoxy groups -OCH3 is 1. The first-order valence-corrected chi connectivity index (χ1v) is 10.1. The summed E-state index contributed by atoms with van der Waals surface area (Å²) in [7, 11) is 1.63.